The van der Waals surface area contributed by atoms with Crippen LogP contribution in [-0.2, 0) is 9.59 Å². The molecular formula is C20H22N4O4S. The smallest absolute Gasteiger partial charge is 0.328 e. The maximum Gasteiger partial charge on any atom is 0.328 e. The van der Waals surface area contributed by atoms with Gasteiger partial charge in [0.05, 0.1) is 12.0 Å². The molecule has 0 saturated heterocycles. The first-order valence-electron chi connectivity index (χ1n) is 9.17. The van der Waals surface area contributed by atoms with Crippen molar-refractivity contribution in [3.05, 3.63) is 41.5 Å². The maximum absolute atomic E-state index is 11.8. The van der Waals surface area contributed by atoms with E-state index in [0.29, 0.717) is 18.8 Å². The lowest BCUT2D eigenvalue weighted by Gasteiger charge is -2.12. The third kappa shape index (κ3) is 4.87. The highest BCUT2D eigenvalue weighted by molar-refractivity contribution is 7.19. The number of nitrogens with zero attached hydrogens (tertiary/aromatic N) is 2. The summed E-state index contributed by atoms with van der Waals surface area (Å²) in [6, 6.07) is 8.78. The molecule has 2 aromatic heterocycles. The summed E-state index contributed by atoms with van der Waals surface area (Å²) in [5.41, 5.74) is 2.19. The molecule has 9 heteroatoms. The van der Waals surface area contributed by atoms with Gasteiger partial charge in [-0.25, -0.2) is 14.8 Å². The lowest BCUT2D eigenvalue weighted by molar-refractivity contribution is -0.142. The molecule has 3 rings (SSSR count). The fourth-order valence-corrected chi connectivity index (χ4v) is 4.05. The van der Waals surface area contributed by atoms with E-state index in [9.17, 15) is 9.59 Å². The van der Waals surface area contributed by atoms with E-state index in [-0.39, 0.29) is 6.42 Å². The molecule has 0 aliphatic rings. The molecule has 1 atom stereocenters. The molecule has 0 saturated carbocycles. The van der Waals surface area contributed by atoms with Crippen LogP contribution in [0.4, 0.5) is 5.82 Å². The molecular weight excluding hydrogens is 392 g/mol. The van der Waals surface area contributed by atoms with E-state index in [0.717, 1.165) is 26.2 Å². The van der Waals surface area contributed by atoms with Gasteiger partial charge in [-0.3, -0.25) is 4.79 Å². The summed E-state index contributed by atoms with van der Waals surface area (Å²) in [5, 5.41) is 24.3. The number of carboxylic acid groups (broad SMARTS) is 1. The van der Waals surface area contributed by atoms with Crippen molar-refractivity contribution in [2.75, 3.05) is 18.5 Å². The monoisotopic (exact) mass is 414 g/mol. The molecule has 2 heterocycles. The predicted molar refractivity (Wildman–Crippen MR) is 112 cm³/mol. The average molecular weight is 414 g/mol. The number of aliphatic carboxylic acids is 1. The molecule has 1 amide bonds. The minimum absolute atomic E-state index is 0.138. The van der Waals surface area contributed by atoms with Crippen LogP contribution in [0, 0.1) is 6.92 Å². The Morgan fingerprint density at radius 2 is 1.97 bits per heavy atom. The van der Waals surface area contributed by atoms with Crippen molar-refractivity contribution in [1.29, 1.82) is 0 Å². The summed E-state index contributed by atoms with van der Waals surface area (Å²) in [6.07, 6.45) is 2.14. The highest BCUT2D eigenvalue weighted by Crippen LogP contribution is 2.40. The largest absolute Gasteiger partial charge is 0.480 e. The Morgan fingerprint density at radius 1 is 1.21 bits per heavy atom. The van der Waals surface area contributed by atoms with Gasteiger partial charge in [0.1, 0.15) is 23.0 Å². The number of amides is 1. The fraction of sp³-hybridized carbons (Fsp3) is 0.300. The van der Waals surface area contributed by atoms with Crippen LogP contribution in [0.25, 0.3) is 21.3 Å². The molecule has 0 fully saturated rings. The summed E-state index contributed by atoms with van der Waals surface area (Å²) in [6.45, 7) is 1.90. The topological polar surface area (TPSA) is 124 Å². The number of hydrogen-bond donors (Lipinski definition) is 4. The zero-order chi connectivity index (χ0) is 20.8. The van der Waals surface area contributed by atoms with E-state index < -0.39 is 24.5 Å². The van der Waals surface area contributed by atoms with Crippen molar-refractivity contribution >= 4 is 39.2 Å². The Hall–Kier alpha value is -3.04. The second kappa shape index (κ2) is 9.44. The fourth-order valence-electron chi connectivity index (χ4n) is 3.04. The Morgan fingerprint density at radius 3 is 2.66 bits per heavy atom. The zero-order valence-corrected chi connectivity index (χ0v) is 16.7. The predicted octanol–water partition coefficient (Wildman–Crippen LogP) is 2.42. The van der Waals surface area contributed by atoms with Crippen molar-refractivity contribution in [2.24, 2.45) is 0 Å². The van der Waals surface area contributed by atoms with Gasteiger partial charge in [-0.05, 0) is 18.9 Å². The number of rotatable bonds is 9. The van der Waals surface area contributed by atoms with Crippen molar-refractivity contribution in [2.45, 2.75) is 25.8 Å². The van der Waals surface area contributed by atoms with Gasteiger partial charge in [-0.2, -0.15) is 0 Å². The molecule has 152 valence electrons. The molecule has 3 aromatic rings. The van der Waals surface area contributed by atoms with Gasteiger partial charge in [0.2, 0.25) is 5.91 Å². The van der Waals surface area contributed by atoms with Gasteiger partial charge in [-0.1, -0.05) is 30.3 Å². The van der Waals surface area contributed by atoms with E-state index in [1.165, 1.54) is 6.33 Å². The van der Waals surface area contributed by atoms with Gasteiger partial charge in [0, 0.05) is 23.4 Å². The van der Waals surface area contributed by atoms with Gasteiger partial charge in [0.25, 0.3) is 0 Å². The number of aliphatic hydroxyl groups excluding tert-OH is 1. The number of fused-ring (bicyclic) bond motifs is 1. The molecule has 0 aliphatic carbocycles. The van der Waals surface area contributed by atoms with Gasteiger partial charge in [0.15, 0.2) is 0 Å². The van der Waals surface area contributed by atoms with Crippen LogP contribution in [0.3, 0.4) is 0 Å². The quantitative estimate of drug-likeness (QED) is 0.396. The third-order valence-corrected chi connectivity index (χ3v) is 5.43. The van der Waals surface area contributed by atoms with E-state index in [4.69, 9.17) is 10.2 Å². The number of benzene rings is 1. The number of thiophene rings is 1. The molecule has 0 bridgehead atoms. The van der Waals surface area contributed by atoms with Crippen molar-refractivity contribution in [1.82, 2.24) is 15.3 Å². The van der Waals surface area contributed by atoms with Crippen molar-refractivity contribution in [3.63, 3.8) is 0 Å². The van der Waals surface area contributed by atoms with Crippen LogP contribution in [0.5, 0.6) is 0 Å². The highest BCUT2D eigenvalue weighted by Gasteiger charge is 2.19. The van der Waals surface area contributed by atoms with Gasteiger partial charge in [-0.15, -0.1) is 11.3 Å². The highest BCUT2D eigenvalue weighted by atomic mass is 32.1. The van der Waals surface area contributed by atoms with E-state index in [1.807, 2.05) is 18.2 Å². The zero-order valence-electron chi connectivity index (χ0n) is 15.9. The number of carbonyl (C=O) groups is 2. The van der Waals surface area contributed by atoms with Crippen LogP contribution in [0.2, 0.25) is 0 Å². The number of nitrogens with one attached hydrogen (secondary N) is 2. The molecule has 8 nitrogen and oxygen atoms in total. The molecule has 1 aromatic carbocycles. The number of carboxylic acids is 1. The number of anilines is 1. The van der Waals surface area contributed by atoms with E-state index in [1.54, 1.807) is 11.3 Å². The third-order valence-electron chi connectivity index (χ3n) is 4.42. The molecule has 0 spiro atoms. The standard InChI is InChI=1S/C20H22N4O4S/c1-12-16(13-6-3-2-4-7-13)17-18(22-11-23-19(17)29-12)21-9-5-8-15(26)24-14(10-25)20(27)28/h2-4,6-7,11,14,25H,5,8-10H2,1H3,(H,24,26)(H,27,28)(H,21,22,23). The summed E-state index contributed by atoms with van der Waals surface area (Å²) in [5.74, 6) is -0.974. The number of hydrogen-bond acceptors (Lipinski definition) is 7. The summed E-state index contributed by atoms with van der Waals surface area (Å²) < 4.78 is 0. The summed E-state index contributed by atoms with van der Waals surface area (Å²) in [7, 11) is 0. The second-order valence-corrected chi connectivity index (χ2v) is 7.68. The first-order chi connectivity index (χ1) is 14.0. The molecule has 29 heavy (non-hydrogen) atoms. The minimum atomic E-state index is -1.28. The molecule has 4 N–H and O–H groups in total. The molecule has 0 aliphatic heterocycles. The number of aliphatic hydroxyl groups is 1. The number of aromatic nitrogens is 2. The van der Waals surface area contributed by atoms with E-state index >= 15 is 0 Å². The van der Waals surface area contributed by atoms with Crippen molar-refractivity contribution < 1.29 is 19.8 Å². The minimum Gasteiger partial charge on any atom is -0.480 e. The Labute approximate surface area is 171 Å². The SMILES string of the molecule is Cc1sc2ncnc(NCCCC(=O)NC(CO)C(=O)O)c2c1-c1ccccc1. The second-order valence-electron chi connectivity index (χ2n) is 6.47. The van der Waals surface area contributed by atoms with Crippen LogP contribution in [0.15, 0.2) is 36.7 Å². The average Bonchev–Trinajstić information content (AvgIpc) is 3.06. The number of aryl methyl sites for hydroxylation is 1. The lowest BCUT2D eigenvalue weighted by Crippen LogP contribution is -2.43. The normalized spacial score (nSPS) is 11.9. The van der Waals surface area contributed by atoms with Gasteiger partial charge >= 0.3 is 5.97 Å². The summed E-state index contributed by atoms with van der Waals surface area (Å²) >= 11 is 1.61. The van der Waals surface area contributed by atoms with Crippen LogP contribution >= 0.6 is 11.3 Å². The van der Waals surface area contributed by atoms with Crippen LogP contribution in [-0.4, -0.2) is 51.3 Å². The lowest BCUT2D eigenvalue weighted by atomic mass is 10.0. The molecule has 0 radical (unpaired) electrons. The number of carbonyl (C=O) groups excluding carboxylic acids is 1. The molecule has 1 unspecified atom stereocenters. The summed E-state index contributed by atoms with van der Waals surface area (Å²) in [4.78, 5) is 33.5. The van der Waals surface area contributed by atoms with Crippen LogP contribution < -0.4 is 10.6 Å². The van der Waals surface area contributed by atoms with Gasteiger partial charge < -0.3 is 20.8 Å². The van der Waals surface area contributed by atoms with Crippen molar-refractivity contribution in [3.8, 4) is 11.1 Å². The van der Waals surface area contributed by atoms with Crippen LogP contribution in [0.1, 0.15) is 17.7 Å². The first kappa shape index (κ1) is 20.7. The Kier molecular flexibility index (Phi) is 6.73. The maximum atomic E-state index is 11.8. The van der Waals surface area contributed by atoms with E-state index in [2.05, 4.69) is 39.7 Å². The first-order valence-corrected chi connectivity index (χ1v) is 9.99. The Bertz CT molecular complexity index is 1010. The Balaban J connectivity index is 1.68.